The van der Waals surface area contributed by atoms with Gasteiger partial charge in [0.25, 0.3) is 5.91 Å². The number of hydrogen-bond acceptors (Lipinski definition) is 3. The van der Waals surface area contributed by atoms with Crippen LogP contribution in [0.5, 0.6) is 0 Å². The molecule has 4 nitrogen and oxygen atoms in total. The van der Waals surface area contributed by atoms with Crippen LogP contribution in [0.25, 0.3) is 0 Å². The molecular weight excluding hydrogens is 333 g/mol. The molecule has 0 bridgehead atoms. The number of amides is 1. The molecule has 0 saturated carbocycles. The number of carbonyl (C=O) groups is 1. The highest BCUT2D eigenvalue weighted by molar-refractivity contribution is 6.68. The predicted octanol–water partition coefficient (Wildman–Crippen LogP) is 3.62. The van der Waals surface area contributed by atoms with Crippen molar-refractivity contribution in [2.75, 3.05) is 5.32 Å². The molecule has 0 aliphatic carbocycles. The maximum Gasteiger partial charge on any atom is 0.254 e. The number of aromatic nitrogens is 1. The largest absolute Gasteiger partial charge is 0.362 e. The molecule has 110 valence electrons. The van der Waals surface area contributed by atoms with E-state index in [4.69, 9.17) is 34.8 Å². The topological polar surface area (TPSA) is 54.0 Å². The van der Waals surface area contributed by atoms with Crippen LogP contribution in [0, 0.1) is 0 Å². The number of carbonyl (C=O) groups excluding carboxylic acids is 1. The molecule has 1 heterocycles. The first-order valence-electron chi connectivity index (χ1n) is 6.06. The van der Waals surface area contributed by atoms with Crippen molar-refractivity contribution in [3.05, 3.63) is 60.4 Å². The summed E-state index contributed by atoms with van der Waals surface area (Å²) in [7, 11) is 0. The first kappa shape index (κ1) is 15.9. The first-order chi connectivity index (χ1) is 9.97. The van der Waals surface area contributed by atoms with Crippen molar-refractivity contribution in [1.82, 2.24) is 10.3 Å². The average molecular weight is 345 g/mol. The third-order valence-electron chi connectivity index (χ3n) is 2.61. The van der Waals surface area contributed by atoms with Crippen LogP contribution in [0.3, 0.4) is 0 Å². The summed E-state index contributed by atoms with van der Waals surface area (Å²) in [4.78, 5) is 16.0. The van der Waals surface area contributed by atoms with E-state index >= 15 is 0 Å². The molecule has 0 spiro atoms. The van der Waals surface area contributed by atoms with Gasteiger partial charge in [0.05, 0.1) is 5.56 Å². The zero-order valence-electron chi connectivity index (χ0n) is 10.8. The summed E-state index contributed by atoms with van der Waals surface area (Å²) >= 11 is 17.8. The van der Waals surface area contributed by atoms with Gasteiger partial charge in [0.1, 0.15) is 6.17 Å². The minimum atomic E-state index is -1.71. The molecule has 1 atom stereocenters. The lowest BCUT2D eigenvalue weighted by molar-refractivity contribution is 0.0941. The van der Waals surface area contributed by atoms with E-state index < -0.39 is 9.96 Å². The minimum absolute atomic E-state index is 0.381. The number of alkyl halides is 3. The second-order valence-electron chi connectivity index (χ2n) is 4.20. The zero-order chi connectivity index (χ0) is 15.3. The lowest BCUT2D eigenvalue weighted by Gasteiger charge is -2.27. The molecule has 2 rings (SSSR count). The Hall–Kier alpha value is -1.49. The molecule has 0 aliphatic heterocycles. The summed E-state index contributed by atoms with van der Waals surface area (Å²) in [5, 5.41) is 5.61. The van der Waals surface area contributed by atoms with Crippen LogP contribution < -0.4 is 10.6 Å². The Labute approximate surface area is 137 Å². The Bertz CT molecular complexity index is 587. The highest BCUT2D eigenvalue weighted by Gasteiger charge is 2.34. The summed E-state index contributed by atoms with van der Waals surface area (Å²) in [5.41, 5.74) is 1.10. The number of benzene rings is 1. The molecule has 2 aromatic rings. The molecule has 1 amide bonds. The van der Waals surface area contributed by atoms with Crippen molar-refractivity contribution in [1.29, 1.82) is 0 Å². The molecule has 0 fully saturated rings. The van der Waals surface area contributed by atoms with E-state index in [0.29, 0.717) is 5.56 Å². The monoisotopic (exact) mass is 343 g/mol. The summed E-state index contributed by atoms with van der Waals surface area (Å²) < 4.78 is -1.71. The van der Waals surface area contributed by atoms with Gasteiger partial charge in [0, 0.05) is 18.1 Å². The molecule has 0 aliphatic rings. The van der Waals surface area contributed by atoms with Gasteiger partial charge in [-0.2, -0.15) is 0 Å². The fourth-order valence-corrected chi connectivity index (χ4v) is 1.94. The number of para-hydroxylation sites is 1. The van der Waals surface area contributed by atoms with Gasteiger partial charge in [-0.25, -0.2) is 0 Å². The second kappa shape index (κ2) is 6.98. The maximum absolute atomic E-state index is 12.1. The van der Waals surface area contributed by atoms with Crippen LogP contribution in [0.1, 0.15) is 10.4 Å². The van der Waals surface area contributed by atoms with Crippen LogP contribution in [0.15, 0.2) is 54.9 Å². The normalized spacial score (nSPS) is 12.5. The number of pyridine rings is 1. The van der Waals surface area contributed by atoms with E-state index in [9.17, 15) is 4.79 Å². The quantitative estimate of drug-likeness (QED) is 0.658. The van der Waals surface area contributed by atoms with Crippen LogP contribution in [-0.2, 0) is 0 Å². The number of hydrogen-bond donors (Lipinski definition) is 2. The van der Waals surface area contributed by atoms with Crippen molar-refractivity contribution in [2.24, 2.45) is 0 Å². The van der Waals surface area contributed by atoms with Gasteiger partial charge in [-0.3, -0.25) is 9.78 Å². The Balaban J connectivity index is 2.12. The molecular formula is C14H12Cl3N3O. The summed E-state index contributed by atoms with van der Waals surface area (Å²) in [5.74, 6) is -0.386. The smallest absolute Gasteiger partial charge is 0.254 e. The second-order valence-corrected chi connectivity index (χ2v) is 6.57. The Morgan fingerprint density at radius 3 is 2.38 bits per heavy atom. The third kappa shape index (κ3) is 4.77. The van der Waals surface area contributed by atoms with E-state index in [1.165, 1.54) is 6.20 Å². The predicted molar refractivity (Wildman–Crippen MR) is 85.8 cm³/mol. The van der Waals surface area contributed by atoms with Crippen LogP contribution in [0.4, 0.5) is 5.69 Å². The lowest BCUT2D eigenvalue weighted by Crippen LogP contribution is -2.49. The van der Waals surface area contributed by atoms with E-state index in [0.717, 1.165) is 5.69 Å². The van der Waals surface area contributed by atoms with Gasteiger partial charge >= 0.3 is 0 Å². The highest BCUT2D eigenvalue weighted by atomic mass is 35.6. The van der Waals surface area contributed by atoms with E-state index in [1.807, 2.05) is 18.2 Å². The van der Waals surface area contributed by atoms with Crippen molar-refractivity contribution in [3.8, 4) is 0 Å². The Morgan fingerprint density at radius 1 is 1.10 bits per heavy atom. The summed E-state index contributed by atoms with van der Waals surface area (Å²) in [6.07, 6.45) is 2.12. The van der Waals surface area contributed by atoms with Crippen LogP contribution in [-0.4, -0.2) is 20.8 Å². The van der Waals surface area contributed by atoms with Crippen LogP contribution >= 0.6 is 34.8 Å². The standard InChI is InChI=1S/C14H12Cl3N3O/c15-14(16,17)13(19-11-6-2-1-3-7-11)20-12(21)10-5-4-8-18-9-10/h1-9,13,19H,(H,20,21). The highest BCUT2D eigenvalue weighted by Crippen LogP contribution is 2.31. The first-order valence-corrected chi connectivity index (χ1v) is 7.19. The molecule has 1 aromatic carbocycles. The van der Waals surface area contributed by atoms with E-state index in [-0.39, 0.29) is 5.91 Å². The van der Waals surface area contributed by atoms with Gasteiger partial charge in [-0.1, -0.05) is 53.0 Å². The van der Waals surface area contributed by atoms with Gasteiger partial charge in [-0.05, 0) is 24.3 Å². The molecule has 1 unspecified atom stereocenters. The maximum atomic E-state index is 12.1. The minimum Gasteiger partial charge on any atom is -0.362 e. The van der Waals surface area contributed by atoms with Crippen molar-refractivity contribution < 1.29 is 4.79 Å². The number of nitrogens with one attached hydrogen (secondary N) is 2. The molecule has 7 heteroatoms. The zero-order valence-corrected chi connectivity index (χ0v) is 13.0. The fourth-order valence-electron chi connectivity index (χ4n) is 1.61. The summed E-state index contributed by atoms with van der Waals surface area (Å²) in [6.45, 7) is 0. The van der Waals surface area contributed by atoms with E-state index in [1.54, 1.807) is 30.5 Å². The van der Waals surface area contributed by atoms with Gasteiger partial charge in [0.2, 0.25) is 3.79 Å². The lowest BCUT2D eigenvalue weighted by atomic mass is 10.2. The molecule has 21 heavy (non-hydrogen) atoms. The number of nitrogens with zero attached hydrogens (tertiary/aromatic N) is 1. The van der Waals surface area contributed by atoms with Gasteiger partial charge in [0.15, 0.2) is 0 Å². The third-order valence-corrected chi connectivity index (χ3v) is 3.27. The number of anilines is 1. The average Bonchev–Trinajstić information content (AvgIpc) is 2.47. The van der Waals surface area contributed by atoms with E-state index in [2.05, 4.69) is 15.6 Å². The Kier molecular flexibility index (Phi) is 5.28. The SMILES string of the molecule is O=C(NC(Nc1ccccc1)C(Cl)(Cl)Cl)c1cccnc1. The van der Waals surface area contributed by atoms with Gasteiger partial charge in [-0.15, -0.1) is 0 Å². The molecule has 1 aromatic heterocycles. The fraction of sp³-hybridized carbons (Fsp3) is 0.143. The molecule has 0 radical (unpaired) electrons. The van der Waals surface area contributed by atoms with Crippen molar-refractivity contribution in [3.63, 3.8) is 0 Å². The number of halogens is 3. The molecule has 0 saturated heterocycles. The van der Waals surface area contributed by atoms with Crippen molar-refractivity contribution in [2.45, 2.75) is 9.96 Å². The molecule has 2 N–H and O–H groups in total. The number of rotatable bonds is 4. The Morgan fingerprint density at radius 2 is 1.81 bits per heavy atom. The van der Waals surface area contributed by atoms with Gasteiger partial charge < -0.3 is 10.6 Å². The van der Waals surface area contributed by atoms with Crippen molar-refractivity contribution >= 4 is 46.4 Å². The summed E-state index contributed by atoms with van der Waals surface area (Å²) in [6, 6.07) is 12.4. The van der Waals surface area contributed by atoms with Crippen LogP contribution in [0.2, 0.25) is 0 Å².